The molecule has 2 unspecified atom stereocenters. The number of rotatable bonds is 9. The summed E-state index contributed by atoms with van der Waals surface area (Å²) in [6.45, 7) is 4.08. The summed E-state index contributed by atoms with van der Waals surface area (Å²) < 4.78 is 5.61. The van der Waals surface area contributed by atoms with Gasteiger partial charge in [0.2, 0.25) is 12.3 Å². The lowest BCUT2D eigenvalue weighted by Crippen LogP contribution is -2.32. The molecule has 0 aliphatic carbocycles. The van der Waals surface area contributed by atoms with Crippen molar-refractivity contribution in [2.45, 2.75) is 31.6 Å². The van der Waals surface area contributed by atoms with Crippen molar-refractivity contribution in [1.29, 1.82) is 0 Å². The number of imide groups is 1. The highest BCUT2D eigenvalue weighted by Crippen LogP contribution is 2.24. The predicted octanol–water partition coefficient (Wildman–Crippen LogP) is 4.03. The van der Waals surface area contributed by atoms with E-state index in [0.717, 1.165) is 5.56 Å². The van der Waals surface area contributed by atoms with Crippen molar-refractivity contribution in [2.24, 2.45) is 0 Å². The van der Waals surface area contributed by atoms with Crippen LogP contribution in [0.25, 0.3) is 0 Å². The number of hydrogen-bond donors (Lipinski definition) is 2. The van der Waals surface area contributed by atoms with Crippen LogP contribution in [0.5, 0.6) is 5.75 Å². The maximum absolute atomic E-state index is 11.8. The molecule has 2 atom stereocenters. The molecule has 5 nitrogen and oxygen atoms in total. The van der Waals surface area contributed by atoms with Gasteiger partial charge in [-0.15, -0.1) is 0 Å². The lowest BCUT2D eigenvalue weighted by Gasteiger charge is -2.15. The zero-order valence-corrected chi connectivity index (χ0v) is 17.8. The van der Waals surface area contributed by atoms with Crippen molar-refractivity contribution < 1.29 is 19.4 Å². The molecule has 0 heterocycles. The number of halogens is 1. The number of aliphatic hydroxyl groups is 1. The summed E-state index contributed by atoms with van der Waals surface area (Å²) in [7, 11) is 0. The molecule has 152 valence electrons. The third-order valence-corrected chi connectivity index (χ3v) is 5.09. The maximum atomic E-state index is 11.8. The van der Waals surface area contributed by atoms with Gasteiger partial charge < -0.3 is 9.84 Å². The minimum absolute atomic E-state index is 0.0816. The van der Waals surface area contributed by atoms with E-state index in [2.05, 4.69) is 5.32 Å². The van der Waals surface area contributed by atoms with Crippen LogP contribution in [0.2, 0.25) is 5.02 Å². The highest BCUT2D eigenvalue weighted by Gasteiger charge is 2.17. The Balaban J connectivity index is 0.00000190. The van der Waals surface area contributed by atoms with Gasteiger partial charge in [-0.3, -0.25) is 14.9 Å². The molecule has 0 spiro atoms. The van der Waals surface area contributed by atoms with E-state index in [1.54, 1.807) is 30.3 Å². The molecule has 0 fully saturated rings. The molecule has 0 aliphatic rings. The van der Waals surface area contributed by atoms with Crippen LogP contribution in [0.3, 0.4) is 0 Å². The number of carbonyl (C=O) groups excluding carboxylic acids is 2. The van der Waals surface area contributed by atoms with Crippen LogP contribution in [0.4, 0.5) is 0 Å². The molecule has 2 N–H and O–H groups in total. The fourth-order valence-electron chi connectivity index (χ4n) is 2.38. The van der Waals surface area contributed by atoms with Gasteiger partial charge in [-0.2, -0.15) is 11.8 Å². The number of thioether (sulfide) groups is 1. The SMILES string of the molecule is CC.CSC(Cc1ccc(OCC(O)c2ccccc2Cl)cc1)C(=O)NC=O. The Morgan fingerprint density at radius 3 is 2.43 bits per heavy atom. The Morgan fingerprint density at radius 2 is 1.86 bits per heavy atom. The van der Waals surface area contributed by atoms with Crippen LogP contribution in [-0.2, 0) is 16.0 Å². The van der Waals surface area contributed by atoms with Crippen LogP contribution in [0.1, 0.15) is 31.1 Å². The van der Waals surface area contributed by atoms with E-state index in [4.69, 9.17) is 16.3 Å². The van der Waals surface area contributed by atoms with Crippen LogP contribution in [0, 0.1) is 0 Å². The first-order valence-corrected chi connectivity index (χ1v) is 10.6. The largest absolute Gasteiger partial charge is 0.491 e. The van der Waals surface area contributed by atoms with Gasteiger partial charge in [0, 0.05) is 10.6 Å². The number of hydrogen-bond acceptors (Lipinski definition) is 5. The first-order chi connectivity index (χ1) is 13.5. The lowest BCUT2D eigenvalue weighted by atomic mass is 10.1. The van der Waals surface area contributed by atoms with Crippen LogP contribution < -0.4 is 10.1 Å². The Morgan fingerprint density at radius 1 is 1.21 bits per heavy atom. The van der Waals surface area contributed by atoms with Crippen molar-refractivity contribution >= 4 is 35.7 Å². The van der Waals surface area contributed by atoms with E-state index in [0.29, 0.717) is 29.2 Å². The summed E-state index contributed by atoms with van der Waals surface area (Å²) in [4.78, 5) is 22.2. The average Bonchev–Trinajstić information content (AvgIpc) is 2.73. The quantitative estimate of drug-likeness (QED) is 0.595. The Labute approximate surface area is 175 Å². The van der Waals surface area contributed by atoms with Gasteiger partial charge in [0.05, 0.1) is 5.25 Å². The molecular weight excluding hydrogens is 398 g/mol. The lowest BCUT2D eigenvalue weighted by molar-refractivity contribution is -0.124. The second-order valence-corrected chi connectivity index (χ2v) is 6.99. The molecule has 0 aliphatic heterocycles. The third-order valence-electron chi connectivity index (χ3n) is 3.79. The van der Waals surface area contributed by atoms with Crippen LogP contribution >= 0.6 is 23.4 Å². The summed E-state index contributed by atoms with van der Waals surface area (Å²) in [6, 6.07) is 14.4. The van der Waals surface area contributed by atoms with Gasteiger partial charge in [0.25, 0.3) is 0 Å². The minimum Gasteiger partial charge on any atom is -0.491 e. The standard InChI is InChI=1S/C19H20ClNO4S.C2H6/c1-26-18(19(24)21-12-22)10-13-6-8-14(9-7-13)25-11-17(23)15-4-2-3-5-16(15)20;1-2/h2-9,12,17-18,23H,10-11H2,1H3,(H,21,22,24);1-2H3. The highest BCUT2D eigenvalue weighted by molar-refractivity contribution is 7.99. The van der Waals surface area contributed by atoms with Crippen molar-refractivity contribution in [1.82, 2.24) is 5.32 Å². The first-order valence-electron chi connectivity index (χ1n) is 8.96. The van der Waals surface area contributed by atoms with E-state index in [1.807, 2.05) is 38.3 Å². The van der Waals surface area contributed by atoms with Gasteiger partial charge in [-0.05, 0) is 36.4 Å². The molecule has 2 rings (SSSR count). The number of aliphatic hydroxyl groups excluding tert-OH is 1. The average molecular weight is 424 g/mol. The minimum atomic E-state index is -0.823. The highest BCUT2D eigenvalue weighted by atomic mass is 35.5. The normalized spacial score (nSPS) is 12.2. The molecule has 2 aromatic carbocycles. The second-order valence-electron chi connectivity index (χ2n) is 5.55. The molecule has 2 aromatic rings. The van der Waals surface area contributed by atoms with Crippen molar-refractivity contribution in [3.63, 3.8) is 0 Å². The third kappa shape index (κ3) is 7.54. The van der Waals surface area contributed by atoms with Gasteiger partial charge in [0.1, 0.15) is 18.5 Å². The number of amides is 2. The zero-order chi connectivity index (χ0) is 20.9. The number of ether oxygens (including phenoxy) is 1. The number of benzene rings is 2. The van der Waals surface area contributed by atoms with E-state index < -0.39 is 6.10 Å². The molecule has 0 aromatic heterocycles. The fourth-order valence-corrected chi connectivity index (χ4v) is 3.28. The van der Waals surface area contributed by atoms with Gasteiger partial charge in [-0.1, -0.05) is 55.8 Å². The topological polar surface area (TPSA) is 75.6 Å². The molecule has 28 heavy (non-hydrogen) atoms. The molecule has 0 saturated heterocycles. The molecule has 0 saturated carbocycles. The summed E-state index contributed by atoms with van der Waals surface area (Å²) in [5.41, 5.74) is 1.57. The van der Waals surface area contributed by atoms with Crippen molar-refractivity contribution in [3.8, 4) is 5.75 Å². The van der Waals surface area contributed by atoms with Gasteiger partial charge >= 0.3 is 0 Å². The first kappa shape index (κ1) is 24.0. The predicted molar refractivity (Wildman–Crippen MR) is 115 cm³/mol. The Bertz CT molecular complexity index is 739. The number of carbonyl (C=O) groups is 2. The second kappa shape index (κ2) is 13.2. The number of nitrogens with one attached hydrogen (secondary N) is 1. The molecule has 2 amide bonds. The Kier molecular flexibility index (Phi) is 11.3. The summed E-state index contributed by atoms with van der Waals surface area (Å²) >= 11 is 7.44. The summed E-state index contributed by atoms with van der Waals surface area (Å²) in [5.74, 6) is 0.300. The van der Waals surface area contributed by atoms with Crippen molar-refractivity contribution in [3.05, 3.63) is 64.7 Å². The summed E-state index contributed by atoms with van der Waals surface area (Å²) in [5, 5.41) is 12.5. The monoisotopic (exact) mass is 423 g/mol. The van der Waals surface area contributed by atoms with E-state index in [-0.39, 0.29) is 17.8 Å². The Hall–Kier alpha value is -2.02. The van der Waals surface area contributed by atoms with E-state index >= 15 is 0 Å². The van der Waals surface area contributed by atoms with Crippen LogP contribution in [-0.4, -0.2) is 35.5 Å². The van der Waals surface area contributed by atoms with E-state index in [9.17, 15) is 14.7 Å². The van der Waals surface area contributed by atoms with Gasteiger partial charge in [-0.25, -0.2) is 0 Å². The molecular formula is C21H26ClNO4S. The van der Waals surface area contributed by atoms with Gasteiger partial charge in [0.15, 0.2) is 0 Å². The maximum Gasteiger partial charge on any atom is 0.239 e. The van der Waals surface area contributed by atoms with E-state index in [1.165, 1.54) is 11.8 Å². The molecule has 0 bridgehead atoms. The van der Waals surface area contributed by atoms with Crippen LogP contribution in [0.15, 0.2) is 48.5 Å². The van der Waals surface area contributed by atoms with Crippen molar-refractivity contribution in [2.75, 3.05) is 12.9 Å². The smallest absolute Gasteiger partial charge is 0.239 e. The fraction of sp³-hybridized carbons (Fsp3) is 0.333. The summed E-state index contributed by atoms with van der Waals surface area (Å²) in [6.07, 6.45) is 1.90. The molecule has 0 radical (unpaired) electrons. The zero-order valence-electron chi connectivity index (χ0n) is 16.2. The molecule has 7 heteroatoms.